The van der Waals surface area contributed by atoms with Gasteiger partial charge in [-0.3, -0.25) is 14.8 Å². The van der Waals surface area contributed by atoms with Crippen LogP contribution in [-0.2, 0) is 9.59 Å². The summed E-state index contributed by atoms with van der Waals surface area (Å²) in [4.78, 5) is 23.6. The van der Waals surface area contributed by atoms with Crippen LogP contribution in [0.1, 0.15) is 23.5 Å². The largest absolute Gasteiger partial charge is 0.325 e. The van der Waals surface area contributed by atoms with E-state index in [-0.39, 0.29) is 17.7 Å². The molecule has 3 rings (SSSR count). The smallest absolute Gasteiger partial charge is 0.267 e. The Labute approximate surface area is 140 Å². The van der Waals surface area contributed by atoms with E-state index in [4.69, 9.17) is 5.21 Å². The number of para-hydroxylation sites is 1. The van der Waals surface area contributed by atoms with Crippen LogP contribution >= 0.6 is 0 Å². The second kappa shape index (κ2) is 7.10. The van der Waals surface area contributed by atoms with Crippen LogP contribution in [0.5, 0.6) is 0 Å². The Bertz CT molecular complexity index is 771. The second-order valence-corrected chi connectivity index (χ2v) is 5.75. The summed E-state index contributed by atoms with van der Waals surface area (Å²) in [6, 6.07) is 17.2. The molecule has 1 aliphatic carbocycles. The zero-order chi connectivity index (χ0) is 16.9. The fourth-order valence-electron chi connectivity index (χ4n) is 2.74. The molecule has 0 radical (unpaired) electrons. The zero-order valence-electron chi connectivity index (χ0n) is 13.0. The number of nitrogens with one attached hydrogen (secondary N) is 2. The molecule has 0 aliphatic heterocycles. The highest BCUT2D eigenvalue weighted by molar-refractivity contribution is 5.98. The Morgan fingerprint density at radius 2 is 1.75 bits per heavy atom. The number of hydroxylamine groups is 1. The Morgan fingerprint density at radius 1 is 1.04 bits per heavy atom. The van der Waals surface area contributed by atoms with Gasteiger partial charge in [-0.2, -0.15) is 0 Å². The van der Waals surface area contributed by atoms with Gasteiger partial charge in [-0.15, -0.1) is 0 Å². The van der Waals surface area contributed by atoms with Gasteiger partial charge < -0.3 is 5.32 Å². The minimum atomic E-state index is -0.623. The molecular formula is C19H18N2O3. The molecule has 5 nitrogen and oxygen atoms in total. The van der Waals surface area contributed by atoms with Gasteiger partial charge in [0.15, 0.2) is 0 Å². The lowest BCUT2D eigenvalue weighted by atomic mass is 10.1. The van der Waals surface area contributed by atoms with E-state index in [0.29, 0.717) is 11.3 Å². The number of anilines is 1. The number of carbonyl (C=O) groups excluding carboxylic acids is 2. The molecule has 1 saturated carbocycles. The normalized spacial score (nSPS) is 19.0. The fraction of sp³-hybridized carbons (Fsp3) is 0.158. The number of hydrogen-bond acceptors (Lipinski definition) is 3. The zero-order valence-corrected chi connectivity index (χ0v) is 13.0. The van der Waals surface area contributed by atoms with Crippen LogP contribution in [0.4, 0.5) is 5.69 Å². The van der Waals surface area contributed by atoms with Crippen molar-refractivity contribution in [3.8, 4) is 0 Å². The Morgan fingerprint density at radius 3 is 2.50 bits per heavy atom. The van der Waals surface area contributed by atoms with Gasteiger partial charge in [0, 0.05) is 17.7 Å². The summed E-state index contributed by atoms with van der Waals surface area (Å²) in [7, 11) is 0. The molecule has 2 aromatic carbocycles. The number of benzene rings is 2. The highest BCUT2D eigenvalue weighted by atomic mass is 16.5. The van der Waals surface area contributed by atoms with Crippen molar-refractivity contribution in [3.05, 3.63) is 71.8 Å². The van der Waals surface area contributed by atoms with Crippen molar-refractivity contribution in [2.45, 2.75) is 12.3 Å². The number of rotatable bonds is 5. The highest BCUT2D eigenvalue weighted by Crippen LogP contribution is 2.47. The van der Waals surface area contributed by atoms with Gasteiger partial charge in [0.25, 0.3) is 5.91 Å². The molecule has 1 aliphatic rings. The molecule has 0 heterocycles. The van der Waals surface area contributed by atoms with Crippen molar-refractivity contribution in [1.29, 1.82) is 0 Å². The van der Waals surface area contributed by atoms with Crippen LogP contribution in [0.2, 0.25) is 0 Å². The molecule has 24 heavy (non-hydrogen) atoms. The Hall–Kier alpha value is -2.92. The monoisotopic (exact) mass is 322 g/mol. The van der Waals surface area contributed by atoms with Gasteiger partial charge in [0.1, 0.15) is 0 Å². The van der Waals surface area contributed by atoms with E-state index in [2.05, 4.69) is 5.32 Å². The molecule has 0 saturated heterocycles. The second-order valence-electron chi connectivity index (χ2n) is 5.75. The van der Waals surface area contributed by atoms with Crippen LogP contribution in [0, 0.1) is 5.92 Å². The third kappa shape index (κ3) is 3.70. The average Bonchev–Trinajstić information content (AvgIpc) is 3.42. The average molecular weight is 322 g/mol. The SMILES string of the molecule is O=C(/C=C/c1ccccc1NC(=O)[C@H]1C[C@H]1c1ccccc1)NO. The van der Waals surface area contributed by atoms with Gasteiger partial charge in [-0.25, -0.2) is 5.48 Å². The standard InChI is InChI=1S/C19H18N2O3/c22-18(21-24)11-10-14-8-4-5-9-17(14)20-19(23)16-12-15(16)13-6-2-1-3-7-13/h1-11,15-16,24H,12H2,(H,20,23)(H,21,22)/b11-10+/t15-,16-/m0/s1. The summed E-state index contributed by atoms with van der Waals surface area (Å²) in [6.07, 6.45) is 3.60. The van der Waals surface area contributed by atoms with Gasteiger partial charge in [0.2, 0.25) is 5.91 Å². The summed E-state index contributed by atoms with van der Waals surface area (Å²) in [6.45, 7) is 0. The van der Waals surface area contributed by atoms with Gasteiger partial charge in [0.05, 0.1) is 0 Å². The molecule has 0 spiro atoms. The molecule has 2 atom stereocenters. The van der Waals surface area contributed by atoms with E-state index in [0.717, 1.165) is 6.42 Å². The predicted molar refractivity (Wildman–Crippen MR) is 91.3 cm³/mol. The summed E-state index contributed by atoms with van der Waals surface area (Å²) < 4.78 is 0. The van der Waals surface area contributed by atoms with Crippen LogP contribution in [-0.4, -0.2) is 17.0 Å². The molecule has 0 aromatic heterocycles. The first-order chi connectivity index (χ1) is 11.7. The maximum Gasteiger partial charge on any atom is 0.267 e. The van der Waals surface area contributed by atoms with Crippen molar-refractivity contribution < 1.29 is 14.8 Å². The predicted octanol–water partition coefficient (Wildman–Crippen LogP) is 2.95. The maximum atomic E-state index is 12.5. The molecule has 0 bridgehead atoms. The van der Waals surface area contributed by atoms with E-state index in [1.165, 1.54) is 17.1 Å². The molecule has 122 valence electrons. The topological polar surface area (TPSA) is 78.4 Å². The quantitative estimate of drug-likeness (QED) is 0.450. The summed E-state index contributed by atoms with van der Waals surface area (Å²) in [5.41, 5.74) is 4.06. The lowest BCUT2D eigenvalue weighted by Crippen LogP contribution is -2.16. The van der Waals surface area contributed by atoms with E-state index >= 15 is 0 Å². The first kappa shape index (κ1) is 16.0. The van der Waals surface area contributed by atoms with E-state index in [1.54, 1.807) is 18.2 Å². The highest BCUT2D eigenvalue weighted by Gasteiger charge is 2.43. The lowest BCUT2D eigenvalue weighted by molar-refractivity contribution is -0.124. The van der Waals surface area contributed by atoms with Crippen molar-refractivity contribution in [1.82, 2.24) is 5.48 Å². The van der Waals surface area contributed by atoms with E-state index in [1.807, 2.05) is 42.5 Å². The van der Waals surface area contributed by atoms with Gasteiger partial charge in [-0.1, -0.05) is 48.5 Å². The lowest BCUT2D eigenvalue weighted by Gasteiger charge is -2.08. The first-order valence-corrected chi connectivity index (χ1v) is 7.76. The molecule has 2 aromatic rings. The van der Waals surface area contributed by atoms with Crippen molar-refractivity contribution in [2.24, 2.45) is 5.92 Å². The summed E-state index contributed by atoms with van der Waals surface area (Å²) >= 11 is 0. The summed E-state index contributed by atoms with van der Waals surface area (Å²) in [5, 5.41) is 11.5. The number of amides is 2. The first-order valence-electron chi connectivity index (χ1n) is 7.76. The number of hydrogen-bond donors (Lipinski definition) is 3. The molecule has 5 heteroatoms. The van der Waals surface area contributed by atoms with Gasteiger partial charge >= 0.3 is 0 Å². The molecule has 1 fully saturated rings. The van der Waals surface area contributed by atoms with Crippen molar-refractivity contribution in [3.63, 3.8) is 0 Å². The van der Waals surface area contributed by atoms with Crippen LogP contribution < -0.4 is 10.8 Å². The maximum absolute atomic E-state index is 12.5. The minimum absolute atomic E-state index is 0.0173. The molecule has 3 N–H and O–H groups in total. The van der Waals surface area contributed by atoms with Crippen molar-refractivity contribution in [2.75, 3.05) is 5.32 Å². The van der Waals surface area contributed by atoms with Crippen LogP contribution in [0.25, 0.3) is 6.08 Å². The molecule has 2 amide bonds. The molecular weight excluding hydrogens is 304 g/mol. The summed E-state index contributed by atoms with van der Waals surface area (Å²) in [5.74, 6) is -0.391. The number of carbonyl (C=O) groups is 2. The Kier molecular flexibility index (Phi) is 4.72. The third-order valence-electron chi connectivity index (χ3n) is 4.10. The van der Waals surface area contributed by atoms with Gasteiger partial charge in [-0.05, 0) is 35.6 Å². The van der Waals surface area contributed by atoms with Crippen LogP contribution in [0.15, 0.2) is 60.7 Å². The fourth-order valence-corrected chi connectivity index (χ4v) is 2.74. The third-order valence-corrected chi connectivity index (χ3v) is 4.10. The van der Waals surface area contributed by atoms with Crippen molar-refractivity contribution >= 4 is 23.6 Å². The molecule has 0 unspecified atom stereocenters. The minimum Gasteiger partial charge on any atom is -0.325 e. The Balaban J connectivity index is 1.68. The van der Waals surface area contributed by atoms with E-state index < -0.39 is 5.91 Å². The van der Waals surface area contributed by atoms with E-state index in [9.17, 15) is 9.59 Å². The van der Waals surface area contributed by atoms with Crippen LogP contribution in [0.3, 0.4) is 0 Å².